The highest BCUT2D eigenvalue weighted by Gasteiger charge is 2.31. The fourth-order valence-electron chi connectivity index (χ4n) is 3.78. The highest BCUT2D eigenvalue weighted by atomic mass is 19.4. The lowest BCUT2D eigenvalue weighted by atomic mass is 10.0. The van der Waals surface area contributed by atoms with Crippen LogP contribution in [0.2, 0.25) is 0 Å². The lowest BCUT2D eigenvalue weighted by Gasteiger charge is -2.14. The van der Waals surface area contributed by atoms with Gasteiger partial charge in [-0.1, -0.05) is 0 Å². The van der Waals surface area contributed by atoms with Gasteiger partial charge in [-0.25, -0.2) is 9.97 Å². The lowest BCUT2D eigenvalue weighted by molar-refractivity contribution is -0.0912. The number of alkyl halides is 3. The Labute approximate surface area is 227 Å². The molecular weight excluding hydrogens is 523 g/mol. The van der Waals surface area contributed by atoms with Gasteiger partial charge in [-0.05, 0) is 81.8 Å². The number of hydrogen-bond donors (Lipinski definition) is 1. The van der Waals surface area contributed by atoms with Gasteiger partial charge < -0.3 is 10.1 Å². The van der Waals surface area contributed by atoms with Gasteiger partial charge in [0, 0.05) is 16.8 Å². The fraction of sp³-hybridized carbons (Fsp3) is 0.179. The molecule has 0 amide bonds. The first-order valence-corrected chi connectivity index (χ1v) is 11.9. The molecule has 204 valence electrons. The Morgan fingerprint density at radius 1 is 1.15 bits per heavy atom. The molecule has 0 aliphatic rings. The third kappa shape index (κ3) is 5.97. The molecule has 0 fully saturated rings. The van der Waals surface area contributed by atoms with E-state index in [0.717, 1.165) is 24.4 Å². The van der Waals surface area contributed by atoms with E-state index in [1.807, 2.05) is 19.1 Å². The molecule has 0 spiro atoms. The predicted octanol–water partition coefficient (Wildman–Crippen LogP) is 6.14. The van der Waals surface area contributed by atoms with Crippen molar-refractivity contribution in [3.63, 3.8) is 0 Å². The highest BCUT2D eigenvalue weighted by molar-refractivity contribution is 6.00. The molecule has 0 unspecified atom stereocenters. The number of methoxy groups -OCH3 is 1. The van der Waals surface area contributed by atoms with Crippen molar-refractivity contribution in [3.05, 3.63) is 89.9 Å². The Morgan fingerprint density at radius 3 is 2.55 bits per heavy atom. The number of carbonyl (C=O) groups is 1. The molecular formula is C28H24F3N7O2. The summed E-state index contributed by atoms with van der Waals surface area (Å²) >= 11 is 0. The number of halogens is 3. The van der Waals surface area contributed by atoms with E-state index in [1.165, 1.54) is 26.4 Å². The Bertz CT molecular complexity index is 1700. The van der Waals surface area contributed by atoms with Gasteiger partial charge >= 0.3 is 6.18 Å². The molecule has 0 aliphatic heterocycles. The number of aliphatic imine (C=N–C) groups is 1. The number of rotatable bonds is 8. The van der Waals surface area contributed by atoms with Crippen molar-refractivity contribution in [2.75, 3.05) is 12.4 Å². The van der Waals surface area contributed by atoms with E-state index in [4.69, 9.17) is 4.74 Å². The molecule has 4 aromatic rings. The van der Waals surface area contributed by atoms with Gasteiger partial charge in [0.05, 0.1) is 35.1 Å². The van der Waals surface area contributed by atoms with Gasteiger partial charge in [0.2, 0.25) is 5.88 Å². The zero-order chi connectivity index (χ0) is 29.0. The van der Waals surface area contributed by atoms with Crippen LogP contribution < -0.4 is 5.32 Å². The number of nitrogens with one attached hydrogen (secondary N) is 1. The van der Waals surface area contributed by atoms with Crippen molar-refractivity contribution in [1.29, 1.82) is 0 Å². The second kappa shape index (κ2) is 11.3. The normalized spacial score (nSPS) is 12.5. The van der Waals surface area contributed by atoms with Gasteiger partial charge in [0.25, 0.3) is 0 Å². The molecule has 0 aliphatic carbocycles. The molecule has 3 heterocycles. The predicted molar refractivity (Wildman–Crippen MR) is 146 cm³/mol. The van der Waals surface area contributed by atoms with Gasteiger partial charge in [0.1, 0.15) is 12.1 Å². The number of fused-ring (bicyclic) bond motifs is 1. The standard InChI is InChI=1S/C28H24F3N7O2/c1-6-32-27(40-5)21(13-16(2)28(29,30)31)26-20(18(4)39)9-12-25(35-26)38-15-33-22-14-19(8-10-23(22)38)34-24-11-7-17(3)36-37-24/h7-15H,1H2,2-5H3,(H,34,37)/b16-13+,27-21-. The summed E-state index contributed by atoms with van der Waals surface area (Å²) in [5, 5.41) is 11.3. The number of pyridine rings is 1. The maximum absolute atomic E-state index is 13.5. The minimum atomic E-state index is -4.63. The number of allylic oxidation sites excluding steroid dienone is 3. The summed E-state index contributed by atoms with van der Waals surface area (Å²) in [5.74, 6) is 2.48. The summed E-state index contributed by atoms with van der Waals surface area (Å²) in [6.07, 6.45) is -2.28. The number of carbonyl (C=O) groups excluding carboxylic acids is 1. The number of ether oxygens (including phenoxy) is 1. The maximum atomic E-state index is 13.5. The van der Waals surface area contributed by atoms with Crippen molar-refractivity contribution in [2.45, 2.75) is 26.9 Å². The van der Waals surface area contributed by atoms with Crippen LogP contribution in [0, 0.1) is 6.92 Å². The first-order chi connectivity index (χ1) is 19.0. The molecule has 1 aromatic carbocycles. The first-order valence-electron chi connectivity index (χ1n) is 11.9. The Hall–Kier alpha value is -5.09. The summed E-state index contributed by atoms with van der Waals surface area (Å²) in [7, 11) is 1.24. The van der Waals surface area contributed by atoms with Crippen molar-refractivity contribution >= 4 is 39.8 Å². The number of aromatic nitrogens is 5. The van der Waals surface area contributed by atoms with Crippen molar-refractivity contribution < 1.29 is 22.7 Å². The average Bonchev–Trinajstić information content (AvgIpc) is 3.34. The molecule has 12 heteroatoms. The summed E-state index contributed by atoms with van der Waals surface area (Å²) < 4.78 is 47.4. The molecule has 0 saturated heterocycles. The molecule has 0 saturated carbocycles. The van der Waals surface area contributed by atoms with Crippen LogP contribution in [0.1, 0.15) is 35.6 Å². The van der Waals surface area contributed by atoms with Crippen LogP contribution in [0.3, 0.4) is 0 Å². The number of aryl methyl sites for hydroxylation is 1. The van der Waals surface area contributed by atoms with Crippen molar-refractivity contribution in [3.8, 4) is 5.82 Å². The minimum Gasteiger partial charge on any atom is -0.480 e. The monoisotopic (exact) mass is 547 g/mol. The molecule has 0 radical (unpaired) electrons. The van der Waals surface area contributed by atoms with E-state index in [0.29, 0.717) is 22.7 Å². The maximum Gasteiger partial charge on any atom is 0.412 e. The molecule has 40 heavy (non-hydrogen) atoms. The average molecular weight is 548 g/mol. The number of imidazole rings is 1. The first kappa shape index (κ1) is 27.9. The Kier molecular flexibility index (Phi) is 7.92. The van der Waals surface area contributed by atoms with E-state index in [1.54, 1.807) is 28.8 Å². The second-order valence-electron chi connectivity index (χ2n) is 8.64. The molecule has 0 bridgehead atoms. The van der Waals surface area contributed by atoms with E-state index >= 15 is 0 Å². The number of ketones is 1. The molecule has 9 nitrogen and oxygen atoms in total. The van der Waals surface area contributed by atoms with Crippen LogP contribution in [0.25, 0.3) is 22.4 Å². The topological polar surface area (TPSA) is 107 Å². The van der Waals surface area contributed by atoms with Crippen LogP contribution in [0.15, 0.2) is 77.9 Å². The Morgan fingerprint density at radius 2 is 1.93 bits per heavy atom. The second-order valence-corrected chi connectivity index (χ2v) is 8.64. The van der Waals surface area contributed by atoms with Crippen LogP contribution in [-0.4, -0.2) is 49.7 Å². The van der Waals surface area contributed by atoms with Crippen molar-refractivity contribution in [1.82, 2.24) is 24.7 Å². The zero-order valence-electron chi connectivity index (χ0n) is 22.0. The molecule has 1 N–H and O–H groups in total. The van der Waals surface area contributed by atoms with Crippen LogP contribution in [0.4, 0.5) is 24.7 Å². The van der Waals surface area contributed by atoms with E-state index < -0.39 is 17.5 Å². The summed E-state index contributed by atoms with van der Waals surface area (Å²) in [4.78, 5) is 25.4. The van der Waals surface area contributed by atoms with E-state index in [2.05, 4.69) is 42.9 Å². The van der Waals surface area contributed by atoms with E-state index in [9.17, 15) is 18.0 Å². The summed E-state index contributed by atoms with van der Waals surface area (Å²) in [6, 6.07) is 12.1. The smallest absolute Gasteiger partial charge is 0.412 e. The molecule has 4 rings (SSSR count). The van der Waals surface area contributed by atoms with Crippen molar-refractivity contribution in [2.24, 2.45) is 4.99 Å². The third-order valence-corrected chi connectivity index (χ3v) is 5.79. The summed E-state index contributed by atoms with van der Waals surface area (Å²) in [6.45, 7) is 7.41. The number of Topliss-reactive ketones (excluding diaryl/α,β-unsaturated/α-hetero) is 1. The summed E-state index contributed by atoms with van der Waals surface area (Å²) in [5.41, 5.74) is 1.72. The highest BCUT2D eigenvalue weighted by Crippen LogP contribution is 2.32. The quantitative estimate of drug-likeness (QED) is 0.122. The number of hydrogen-bond acceptors (Lipinski definition) is 8. The molecule has 0 atom stereocenters. The number of benzene rings is 1. The number of nitrogens with zero attached hydrogens (tertiary/aromatic N) is 6. The number of anilines is 2. The SMILES string of the molecule is C=C=N/C(OC)=C(\C=C(/C)C(F)(F)F)c1nc(-n2cnc3cc(Nc4ccc(C)nn4)ccc32)ccc1C(C)=O. The minimum absolute atomic E-state index is 0.0532. The van der Waals surface area contributed by atoms with Crippen LogP contribution in [-0.2, 0) is 4.74 Å². The fourth-order valence-corrected chi connectivity index (χ4v) is 3.78. The molecule has 3 aromatic heterocycles. The van der Waals surface area contributed by atoms with Crippen LogP contribution >= 0.6 is 0 Å². The van der Waals surface area contributed by atoms with Gasteiger partial charge in [-0.2, -0.15) is 23.3 Å². The zero-order valence-corrected chi connectivity index (χ0v) is 22.0. The van der Waals surface area contributed by atoms with Crippen LogP contribution in [0.5, 0.6) is 0 Å². The Balaban J connectivity index is 1.85. The lowest BCUT2D eigenvalue weighted by Crippen LogP contribution is -2.11. The van der Waals surface area contributed by atoms with E-state index in [-0.39, 0.29) is 22.7 Å². The van der Waals surface area contributed by atoms with Gasteiger partial charge in [-0.3, -0.25) is 9.36 Å². The largest absolute Gasteiger partial charge is 0.480 e. The van der Waals surface area contributed by atoms with Gasteiger partial charge in [0.15, 0.2) is 11.6 Å². The van der Waals surface area contributed by atoms with Gasteiger partial charge in [-0.15, -0.1) is 5.10 Å². The third-order valence-electron chi connectivity index (χ3n) is 5.79.